The van der Waals surface area contributed by atoms with Gasteiger partial charge in [-0.2, -0.15) is 0 Å². The number of fused-ring (bicyclic) bond motifs is 1. The number of H-pyrrole nitrogens is 1. The maximum Gasteiger partial charge on any atom is 0.221 e. The lowest BCUT2D eigenvalue weighted by Crippen LogP contribution is -2.29. The van der Waals surface area contributed by atoms with E-state index in [0.29, 0.717) is 6.42 Å². The summed E-state index contributed by atoms with van der Waals surface area (Å²) in [6.07, 6.45) is 0.869. The van der Waals surface area contributed by atoms with Crippen LogP contribution in [-0.4, -0.2) is 21.8 Å². The molecule has 2 rings (SSSR count). The standard InChI is InChI=1S/C15H20N4O2/c1-3-10(17-14(21)7-6-13(16)20)15-18-11-5-4-9(2)8-12(11)19-15/h4-5,8,10H,3,6-7H2,1-2H3,(H2,16,20)(H,17,21)(H,18,19)/t10-/m1/s1. The average Bonchev–Trinajstić information content (AvgIpc) is 2.85. The van der Waals surface area contributed by atoms with E-state index >= 15 is 0 Å². The van der Waals surface area contributed by atoms with E-state index in [1.165, 1.54) is 0 Å². The number of rotatable bonds is 6. The first-order chi connectivity index (χ1) is 9.99. The number of primary amides is 1. The summed E-state index contributed by atoms with van der Waals surface area (Å²) >= 11 is 0. The van der Waals surface area contributed by atoms with Crippen molar-refractivity contribution in [2.75, 3.05) is 0 Å². The van der Waals surface area contributed by atoms with E-state index in [9.17, 15) is 9.59 Å². The second-order valence-corrected chi connectivity index (χ2v) is 5.14. The van der Waals surface area contributed by atoms with E-state index < -0.39 is 5.91 Å². The third-order valence-electron chi connectivity index (χ3n) is 3.33. The lowest BCUT2D eigenvalue weighted by atomic mass is 10.2. The van der Waals surface area contributed by atoms with E-state index in [1.54, 1.807) is 0 Å². The smallest absolute Gasteiger partial charge is 0.221 e. The highest BCUT2D eigenvalue weighted by atomic mass is 16.2. The number of amides is 2. The molecule has 6 heteroatoms. The number of aromatic amines is 1. The summed E-state index contributed by atoms with van der Waals surface area (Å²) in [6, 6.07) is 5.78. The van der Waals surface area contributed by atoms with Crippen LogP contribution in [0.1, 0.15) is 43.6 Å². The quantitative estimate of drug-likeness (QED) is 0.754. The van der Waals surface area contributed by atoms with Gasteiger partial charge in [-0.15, -0.1) is 0 Å². The molecule has 21 heavy (non-hydrogen) atoms. The second kappa shape index (κ2) is 6.39. The molecule has 1 aromatic carbocycles. The van der Waals surface area contributed by atoms with Gasteiger partial charge < -0.3 is 16.0 Å². The number of aryl methyl sites for hydroxylation is 1. The molecule has 2 aromatic rings. The molecule has 0 aliphatic rings. The molecule has 0 saturated carbocycles. The number of hydrogen-bond donors (Lipinski definition) is 3. The summed E-state index contributed by atoms with van der Waals surface area (Å²) in [5.41, 5.74) is 8.02. The van der Waals surface area contributed by atoms with Crippen LogP contribution in [0.5, 0.6) is 0 Å². The van der Waals surface area contributed by atoms with Gasteiger partial charge >= 0.3 is 0 Å². The molecule has 0 fully saturated rings. The Hall–Kier alpha value is -2.37. The third kappa shape index (κ3) is 3.81. The average molecular weight is 288 g/mol. The van der Waals surface area contributed by atoms with Crippen LogP contribution in [0.15, 0.2) is 18.2 Å². The van der Waals surface area contributed by atoms with Crippen LogP contribution in [0.4, 0.5) is 0 Å². The van der Waals surface area contributed by atoms with Gasteiger partial charge in [-0.05, 0) is 31.0 Å². The number of benzene rings is 1. The maximum absolute atomic E-state index is 11.8. The minimum Gasteiger partial charge on any atom is -0.370 e. The fourth-order valence-corrected chi connectivity index (χ4v) is 2.18. The molecule has 0 spiro atoms. The lowest BCUT2D eigenvalue weighted by Gasteiger charge is -2.14. The van der Waals surface area contributed by atoms with Crippen molar-refractivity contribution in [2.24, 2.45) is 5.73 Å². The Kier molecular flexibility index (Phi) is 4.57. The van der Waals surface area contributed by atoms with Gasteiger partial charge in [0.2, 0.25) is 11.8 Å². The summed E-state index contributed by atoms with van der Waals surface area (Å²) in [7, 11) is 0. The number of nitrogens with one attached hydrogen (secondary N) is 2. The van der Waals surface area contributed by atoms with Gasteiger partial charge in [0.25, 0.3) is 0 Å². The predicted octanol–water partition coefficient (Wildman–Crippen LogP) is 1.70. The first kappa shape index (κ1) is 15.0. The van der Waals surface area contributed by atoms with Crippen molar-refractivity contribution >= 4 is 22.8 Å². The monoisotopic (exact) mass is 288 g/mol. The molecule has 0 bridgehead atoms. The van der Waals surface area contributed by atoms with Crippen LogP contribution >= 0.6 is 0 Å². The van der Waals surface area contributed by atoms with Crippen molar-refractivity contribution in [1.82, 2.24) is 15.3 Å². The Morgan fingerprint density at radius 1 is 1.38 bits per heavy atom. The zero-order chi connectivity index (χ0) is 15.4. The number of carbonyl (C=O) groups is 2. The van der Waals surface area contributed by atoms with E-state index in [4.69, 9.17) is 5.73 Å². The van der Waals surface area contributed by atoms with Gasteiger partial charge in [-0.1, -0.05) is 13.0 Å². The Balaban J connectivity index is 2.11. The highest BCUT2D eigenvalue weighted by molar-refractivity contribution is 5.83. The minimum atomic E-state index is -0.475. The van der Waals surface area contributed by atoms with Crippen molar-refractivity contribution < 1.29 is 9.59 Å². The molecule has 0 unspecified atom stereocenters. The van der Waals surface area contributed by atoms with Crippen molar-refractivity contribution in [3.05, 3.63) is 29.6 Å². The van der Waals surface area contributed by atoms with Crippen LogP contribution in [-0.2, 0) is 9.59 Å². The summed E-state index contributed by atoms with van der Waals surface area (Å²) in [5.74, 6) is 0.0558. The zero-order valence-corrected chi connectivity index (χ0v) is 12.3. The van der Waals surface area contributed by atoms with E-state index in [2.05, 4.69) is 15.3 Å². The molecule has 2 amide bonds. The highest BCUT2D eigenvalue weighted by Crippen LogP contribution is 2.19. The Morgan fingerprint density at radius 3 is 2.81 bits per heavy atom. The van der Waals surface area contributed by atoms with Crippen LogP contribution in [0, 0.1) is 6.92 Å². The van der Waals surface area contributed by atoms with Gasteiger partial charge in [0, 0.05) is 12.8 Å². The van der Waals surface area contributed by atoms with Crippen LogP contribution in [0.2, 0.25) is 0 Å². The van der Waals surface area contributed by atoms with Gasteiger partial charge in [0.15, 0.2) is 0 Å². The van der Waals surface area contributed by atoms with Crippen LogP contribution < -0.4 is 11.1 Å². The van der Waals surface area contributed by atoms with E-state index in [0.717, 1.165) is 22.4 Å². The first-order valence-corrected chi connectivity index (χ1v) is 7.03. The number of nitrogens with two attached hydrogens (primary N) is 1. The molecule has 1 aromatic heterocycles. The van der Waals surface area contributed by atoms with Gasteiger partial charge in [-0.25, -0.2) is 4.98 Å². The van der Waals surface area contributed by atoms with Gasteiger partial charge in [0.1, 0.15) is 5.82 Å². The fourth-order valence-electron chi connectivity index (χ4n) is 2.18. The van der Waals surface area contributed by atoms with E-state index in [1.807, 2.05) is 32.0 Å². The zero-order valence-electron chi connectivity index (χ0n) is 12.3. The molecule has 0 aliphatic heterocycles. The number of carbonyl (C=O) groups excluding carboxylic acids is 2. The van der Waals surface area contributed by atoms with Gasteiger partial charge in [0.05, 0.1) is 17.1 Å². The van der Waals surface area contributed by atoms with Crippen LogP contribution in [0.25, 0.3) is 11.0 Å². The summed E-state index contributed by atoms with van der Waals surface area (Å²) in [5, 5.41) is 2.87. The number of nitrogens with zero attached hydrogens (tertiary/aromatic N) is 1. The Bertz CT molecular complexity index is 663. The highest BCUT2D eigenvalue weighted by Gasteiger charge is 2.16. The minimum absolute atomic E-state index is 0.0571. The SMILES string of the molecule is CC[C@@H](NC(=O)CCC(N)=O)c1nc2ccc(C)cc2[nH]1. The molecule has 6 nitrogen and oxygen atoms in total. The van der Waals surface area contributed by atoms with Crippen molar-refractivity contribution in [2.45, 2.75) is 39.2 Å². The third-order valence-corrected chi connectivity index (χ3v) is 3.33. The van der Waals surface area contributed by atoms with Crippen molar-refractivity contribution in [3.63, 3.8) is 0 Å². The molecule has 4 N–H and O–H groups in total. The molecule has 1 atom stereocenters. The topological polar surface area (TPSA) is 101 Å². The summed E-state index contributed by atoms with van der Waals surface area (Å²) in [4.78, 5) is 30.3. The van der Waals surface area contributed by atoms with E-state index in [-0.39, 0.29) is 24.8 Å². The largest absolute Gasteiger partial charge is 0.370 e. The molecule has 0 aliphatic carbocycles. The second-order valence-electron chi connectivity index (χ2n) is 5.14. The molecule has 1 heterocycles. The van der Waals surface area contributed by atoms with Crippen molar-refractivity contribution in [1.29, 1.82) is 0 Å². The Morgan fingerprint density at radius 2 is 2.14 bits per heavy atom. The van der Waals surface area contributed by atoms with Gasteiger partial charge in [-0.3, -0.25) is 9.59 Å². The first-order valence-electron chi connectivity index (χ1n) is 7.03. The predicted molar refractivity (Wildman–Crippen MR) is 80.4 cm³/mol. The molecule has 0 saturated heterocycles. The summed E-state index contributed by atoms with van der Waals surface area (Å²) in [6.45, 7) is 3.99. The van der Waals surface area contributed by atoms with Crippen LogP contribution in [0.3, 0.4) is 0 Å². The number of hydrogen-bond acceptors (Lipinski definition) is 3. The lowest BCUT2D eigenvalue weighted by molar-refractivity contribution is -0.125. The molecule has 0 radical (unpaired) electrons. The molecule has 112 valence electrons. The number of aromatic nitrogens is 2. The summed E-state index contributed by atoms with van der Waals surface area (Å²) < 4.78 is 0. The normalized spacial score (nSPS) is 12.3. The maximum atomic E-state index is 11.8. The molecular formula is C15H20N4O2. The Labute approximate surface area is 123 Å². The molecular weight excluding hydrogens is 268 g/mol. The fraction of sp³-hybridized carbons (Fsp3) is 0.400. The number of imidazole rings is 1. The van der Waals surface area contributed by atoms with Crippen molar-refractivity contribution in [3.8, 4) is 0 Å².